The lowest BCUT2D eigenvalue weighted by Crippen LogP contribution is -2.36. The smallest absolute Gasteiger partial charge is 0.178 e. The van der Waals surface area contributed by atoms with Crippen LogP contribution in [0.4, 0.5) is 5.69 Å². The number of rotatable bonds is 8. The average Bonchev–Trinajstić information content (AvgIpc) is 3.09. The second-order valence-corrected chi connectivity index (χ2v) is 8.72. The molecule has 0 aliphatic carbocycles. The van der Waals surface area contributed by atoms with Crippen molar-refractivity contribution in [2.45, 2.75) is 26.9 Å². The van der Waals surface area contributed by atoms with Gasteiger partial charge in [-0.2, -0.15) is 0 Å². The summed E-state index contributed by atoms with van der Waals surface area (Å²) in [4.78, 5) is 17.5. The summed E-state index contributed by atoms with van der Waals surface area (Å²) in [6.07, 6.45) is 0. The fourth-order valence-electron chi connectivity index (χ4n) is 4.42. The molecule has 5 heteroatoms. The second kappa shape index (κ2) is 10.2. The fourth-order valence-corrected chi connectivity index (χ4v) is 4.42. The maximum Gasteiger partial charge on any atom is 0.178 e. The van der Waals surface area contributed by atoms with Crippen LogP contribution in [0.15, 0.2) is 60.7 Å². The van der Waals surface area contributed by atoms with Crippen LogP contribution >= 0.6 is 0 Å². The van der Waals surface area contributed by atoms with Crippen LogP contribution in [-0.4, -0.2) is 55.1 Å². The third-order valence-corrected chi connectivity index (χ3v) is 6.24. The molecule has 0 bridgehead atoms. The third kappa shape index (κ3) is 5.29. The Bertz CT molecular complexity index is 1030. The van der Waals surface area contributed by atoms with E-state index in [1.54, 1.807) is 0 Å². The first-order valence-electron chi connectivity index (χ1n) is 11.4. The zero-order valence-electron chi connectivity index (χ0n) is 19.4. The molecule has 4 rings (SSSR count). The van der Waals surface area contributed by atoms with Gasteiger partial charge in [0.1, 0.15) is 0 Å². The van der Waals surface area contributed by atoms with E-state index in [1.807, 2.05) is 26.1 Å². The molecule has 0 radical (unpaired) electrons. The molecule has 0 saturated carbocycles. The van der Waals surface area contributed by atoms with Gasteiger partial charge in [-0.1, -0.05) is 42.5 Å². The molecule has 2 aromatic carbocycles. The number of carbonyl (C=O) groups excluding carboxylic acids is 1. The number of morpholine rings is 1. The molecule has 0 N–H and O–H groups in total. The van der Waals surface area contributed by atoms with Crippen LogP contribution in [0.3, 0.4) is 0 Å². The van der Waals surface area contributed by atoms with Gasteiger partial charge in [0.05, 0.1) is 19.8 Å². The number of Topliss-reactive ketones (excluding diaryl/α,β-unsaturated/α-hetero) is 1. The van der Waals surface area contributed by atoms with Crippen LogP contribution in [-0.2, 0) is 17.8 Å². The normalized spacial score (nSPS) is 14.2. The van der Waals surface area contributed by atoms with E-state index >= 15 is 0 Å². The zero-order valence-corrected chi connectivity index (χ0v) is 19.4. The number of benzene rings is 2. The van der Waals surface area contributed by atoms with E-state index in [9.17, 15) is 4.79 Å². The van der Waals surface area contributed by atoms with E-state index in [4.69, 9.17) is 4.74 Å². The molecule has 1 aliphatic rings. The fraction of sp³-hybridized carbons (Fsp3) is 0.370. The number of nitrogens with zero attached hydrogens (tertiary/aromatic N) is 3. The topological polar surface area (TPSA) is 37.7 Å². The van der Waals surface area contributed by atoms with E-state index in [2.05, 4.69) is 69.8 Å². The Morgan fingerprint density at radius 2 is 1.66 bits per heavy atom. The maximum atomic E-state index is 13.1. The predicted molar refractivity (Wildman–Crippen MR) is 130 cm³/mol. The van der Waals surface area contributed by atoms with Gasteiger partial charge in [0.25, 0.3) is 0 Å². The number of ketones is 1. The number of likely N-dealkylation sites (N-methyl/N-ethyl adjacent to an activating group) is 1. The van der Waals surface area contributed by atoms with Crippen molar-refractivity contribution >= 4 is 11.5 Å². The number of anilines is 1. The number of carbonyl (C=O) groups is 1. The summed E-state index contributed by atoms with van der Waals surface area (Å²) in [5.41, 5.74) is 6.68. The summed E-state index contributed by atoms with van der Waals surface area (Å²) in [5, 5.41) is 0. The summed E-state index contributed by atoms with van der Waals surface area (Å²) < 4.78 is 7.67. The largest absolute Gasteiger partial charge is 0.378 e. The van der Waals surface area contributed by atoms with Gasteiger partial charge in [-0.25, -0.2) is 0 Å². The van der Waals surface area contributed by atoms with Gasteiger partial charge in [-0.05, 0) is 50.2 Å². The molecule has 1 fully saturated rings. The lowest BCUT2D eigenvalue weighted by Gasteiger charge is -2.29. The van der Waals surface area contributed by atoms with E-state index in [-0.39, 0.29) is 5.78 Å². The number of hydrogen-bond acceptors (Lipinski definition) is 4. The van der Waals surface area contributed by atoms with Crippen LogP contribution in [0, 0.1) is 13.8 Å². The average molecular weight is 432 g/mol. The first kappa shape index (κ1) is 22.3. The molecule has 5 nitrogen and oxygen atoms in total. The summed E-state index contributed by atoms with van der Waals surface area (Å²) in [6, 6.07) is 21.1. The van der Waals surface area contributed by atoms with Crippen molar-refractivity contribution in [2.75, 3.05) is 44.8 Å². The van der Waals surface area contributed by atoms with E-state index in [0.717, 1.165) is 56.3 Å². The predicted octanol–water partition coefficient (Wildman–Crippen LogP) is 4.30. The monoisotopic (exact) mass is 431 g/mol. The lowest BCUT2D eigenvalue weighted by molar-refractivity contribution is 0.0942. The molecule has 1 aliphatic heterocycles. The summed E-state index contributed by atoms with van der Waals surface area (Å²) in [7, 11) is 2.01. The highest BCUT2D eigenvalue weighted by atomic mass is 16.5. The highest BCUT2D eigenvalue weighted by Gasteiger charge is 2.18. The standard InChI is InChI=1S/C27H33N3O2/c1-21-17-26(22(2)30(21)19-23-7-5-4-6-8-23)27(31)20-28(3)18-24-9-11-25(12-10-24)29-13-15-32-16-14-29/h4-12,17H,13-16,18-20H2,1-3H3. The van der Waals surface area contributed by atoms with Gasteiger partial charge in [0.15, 0.2) is 5.78 Å². The second-order valence-electron chi connectivity index (χ2n) is 8.72. The summed E-state index contributed by atoms with van der Waals surface area (Å²) >= 11 is 0. The van der Waals surface area contributed by atoms with E-state index in [1.165, 1.54) is 16.8 Å². The first-order chi connectivity index (χ1) is 15.5. The minimum atomic E-state index is 0.171. The molecule has 0 amide bonds. The van der Waals surface area contributed by atoms with Gasteiger partial charge in [0, 0.05) is 48.8 Å². The molecule has 2 heterocycles. The van der Waals surface area contributed by atoms with Crippen molar-refractivity contribution in [3.05, 3.63) is 88.7 Å². The van der Waals surface area contributed by atoms with Gasteiger partial charge < -0.3 is 14.2 Å². The minimum absolute atomic E-state index is 0.171. The molecule has 168 valence electrons. The van der Waals surface area contributed by atoms with Gasteiger partial charge in [-0.15, -0.1) is 0 Å². The molecular formula is C27H33N3O2. The highest BCUT2D eigenvalue weighted by Crippen LogP contribution is 2.20. The minimum Gasteiger partial charge on any atom is -0.378 e. The van der Waals surface area contributed by atoms with Crippen LogP contribution in [0.1, 0.15) is 32.9 Å². The Hall–Kier alpha value is -2.89. The van der Waals surface area contributed by atoms with Crippen molar-refractivity contribution in [1.29, 1.82) is 0 Å². The highest BCUT2D eigenvalue weighted by molar-refractivity contribution is 5.99. The Kier molecular flexibility index (Phi) is 7.08. The molecule has 0 unspecified atom stereocenters. The van der Waals surface area contributed by atoms with E-state index < -0.39 is 0 Å². The number of aromatic nitrogens is 1. The van der Waals surface area contributed by atoms with Crippen LogP contribution in [0.25, 0.3) is 0 Å². The number of ether oxygens (including phenoxy) is 1. The van der Waals surface area contributed by atoms with Crippen LogP contribution in [0.5, 0.6) is 0 Å². The maximum absolute atomic E-state index is 13.1. The van der Waals surface area contributed by atoms with Crippen LogP contribution < -0.4 is 4.90 Å². The van der Waals surface area contributed by atoms with Crippen molar-refractivity contribution < 1.29 is 9.53 Å². The SMILES string of the molecule is Cc1cc(C(=O)CN(C)Cc2ccc(N3CCOCC3)cc2)c(C)n1Cc1ccccc1. The molecule has 0 spiro atoms. The molecule has 3 aromatic rings. The Morgan fingerprint density at radius 1 is 0.969 bits per heavy atom. The van der Waals surface area contributed by atoms with Gasteiger partial charge >= 0.3 is 0 Å². The molecule has 1 saturated heterocycles. The van der Waals surface area contributed by atoms with E-state index in [0.29, 0.717) is 6.54 Å². The first-order valence-corrected chi connectivity index (χ1v) is 11.4. The number of aryl methyl sites for hydroxylation is 1. The number of hydrogen-bond donors (Lipinski definition) is 0. The summed E-state index contributed by atoms with van der Waals surface area (Å²) in [5.74, 6) is 0.171. The van der Waals surface area contributed by atoms with Crippen molar-refractivity contribution in [1.82, 2.24) is 9.47 Å². The lowest BCUT2D eigenvalue weighted by atomic mass is 10.1. The van der Waals surface area contributed by atoms with Crippen molar-refractivity contribution in [3.8, 4) is 0 Å². The Morgan fingerprint density at radius 3 is 2.34 bits per heavy atom. The molecule has 1 aromatic heterocycles. The molecule has 0 atom stereocenters. The zero-order chi connectivity index (χ0) is 22.5. The third-order valence-electron chi connectivity index (χ3n) is 6.24. The van der Waals surface area contributed by atoms with Crippen LogP contribution in [0.2, 0.25) is 0 Å². The van der Waals surface area contributed by atoms with Crippen molar-refractivity contribution in [3.63, 3.8) is 0 Å². The Balaban J connectivity index is 1.37. The van der Waals surface area contributed by atoms with Gasteiger partial charge in [0.2, 0.25) is 0 Å². The summed E-state index contributed by atoms with van der Waals surface area (Å²) in [6.45, 7) is 9.53. The van der Waals surface area contributed by atoms with Crippen molar-refractivity contribution in [2.24, 2.45) is 0 Å². The van der Waals surface area contributed by atoms with Gasteiger partial charge in [-0.3, -0.25) is 9.69 Å². The Labute approximate surface area is 191 Å². The quantitative estimate of drug-likeness (QED) is 0.498. The molecular weight excluding hydrogens is 398 g/mol. The molecule has 32 heavy (non-hydrogen) atoms.